The van der Waals surface area contributed by atoms with Gasteiger partial charge in [-0.1, -0.05) is 30.3 Å². The van der Waals surface area contributed by atoms with Crippen LogP contribution in [0.1, 0.15) is 15.9 Å². The summed E-state index contributed by atoms with van der Waals surface area (Å²) in [7, 11) is -2.49. The van der Waals surface area contributed by atoms with Gasteiger partial charge in [0.15, 0.2) is 0 Å². The molecular formula is C24H21N5O4S. The first kappa shape index (κ1) is 22.7. The first-order valence-electron chi connectivity index (χ1n) is 10.1. The fourth-order valence-corrected chi connectivity index (χ4v) is 4.23. The standard InChI is InChI=1S/C24H21N5O4S/c1-33-23-8-3-2-7-22(23)28-34(31,32)21-6-4-5-19(15-21)24(30)27-26-16-18-9-11-20(12-10-18)29-14-13-25-17-29/h2-17,28H,1H3,(H,27,30)/b26-16+. The van der Waals surface area contributed by atoms with Crippen LogP contribution in [0, 0.1) is 0 Å². The van der Waals surface area contributed by atoms with Crippen LogP contribution in [0.3, 0.4) is 0 Å². The van der Waals surface area contributed by atoms with Gasteiger partial charge in [0.1, 0.15) is 5.75 Å². The molecule has 10 heteroatoms. The molecule has 0 spiro atoms. The SMILES string of the molecule is COc1ccccc1NS(=O)(=O)c1cccc(C(=O)N/N=C/c2ccc(-n3ccnc3)cc2)c1. The lowest BCUT2D eigenvalue weighted by molar-refractivity contribution is 0.0955. The van der Waals surface area contributed by atoms with E-state index in [1.54, 1.807) is 36.8 Å². The predicted octanol–water partition coefficient (Wildman–Crippen LogP) is 3.45. The van der Waals surface area contributed by atoms with E-state index in [0.717, 1.165) is 11.3 Å². The van der Waals surface area contributed by atoms with E-state index in [-0.39, 0.29) is 10.5 Å². The van der Waals surface area contributed by atoms with Crippen LogP contribution in [0.15, 0.2) is 102 Å². The predicted molar refractivity (Wildman–Crippen MR) is 129 cm³/mol. The number of amides is 1. The average molecular weight is 476 g/mol. The van der Waals surface area contributed by atoms with Crippen molar-refractivity contribution in [3.05, 3.63) is 103 Å². The lowest BCUT2D eigenvalue weighted by Gasteiger charge is -2.12. The van der Waals surface area contributed by atoms with E-state index in [1.807, 2.05) is 35.0 Å². The molecule has 2 N–H and O–H groups in total. The van der Waals surface area contributed by atoms with Crippen molar-refractivity contribution in [2.45, 2.75) is 4.90 Å². The molecule has 3 aromatic carbocycles. The fourth-order valence-electron chi connectivity index (χ4n) is 3.11. The van der Waals surface area contributed by atoms with Crippen LogP contribution in [-0.2, 0) is 10.0 Å². The number of carbonyl (C=O) groups is 1. The van der Waals surface area contributed by atoms with Crippen LogP contribution in [-0.4, -0.2) is 37.2 Å². The lowest BCUT2D eigenvalue weighted by Crippen LogP contribution is -2.19. The smallest absolute Gasteiger partial charge is 0.271 e. The quantitative estimate of drug-likeness (QED) is 0.299. The summed E-state index contributed by atoms with van der Waals surface area (Å²) >= 11 is 0. The number of aromatic nitrogens is 2. The van der Waals surface area contributed by atoms with Gasteiger partial charge >= 0.3 is 0 Å². The number of ether oxygens (including phenoxy) is 1. The molecule has 0 saturated carbocycles. The van der Waals surface area contributed by atoms with Crippen LogP contribution < -0.4 is 14.9 Å². The summed E-state index contributed by atoms with van der Waals surface area (Å²) in [6.07, 6.45) is 6.73. The summed E-state index contributed by atoms with van der Waals surface area (Å²) in [5.74, 6) is -0.159. The number of rotatable bonds is 8. The van der Waals surface area contributed by atoms with Gasteiger partial charge in [-0.2, -0.15) is 5.10 Å². The molecule has 0 aliphatic heterocycles. The number of hydrogen-bond donors (Lipinski definition) is 2. The van der Waals surface area contributed by atoms with Gasteiger partial charge in [-0.05, 0) is 48.0 Å². The summed E-state index contributed by atoms with van der Waals surface area (Å²) in [5, 5.41) is 3.97. The zero-order valence-corrected chi connectivity index (χ0v) is 18.9. The Morgan fingerprint density at radius 1 is 1.06 bits per heavy atom. The van der Waals surface area contributed by atoms with Crippen molar-refractivity contribution in [2.24, 2.45) is 5.10 Å². The molecule has 0 saturated heterocycles. The zero-order valence-electron chi connectivity index (χ0n) is 18.1. The molecule has 34 heavy (non-hydrogen) atoms. The third kappa shape index (κ3) is 5.30. The molecule has 0 aliphatic carbocycles. The minimum atomic E-state index is -3.94. The van der Waals surface area contributed by atoms with E-state index < -0.39 is 15.9 Å². The summed E-state index contributed by atoms with van der Waals surface area (Å²) in [5.41, 5.74) is 4.58. The number of benzene rings is 3. The molecular weight excluding hydrogens is 454 g/mol. The highest BCUT2D eigenvalue weighted by Crippen LogP contribution is 2.26. The molecule has 4 aromatic rings. The number of methoxy groups -OCH3 is 1. The molecule has 9 nitrogen and oxygen atoms in total. The largest absolute Gasteiger partial charge is 0.495 e. The Bertz CT molecular complexity index is 1420. The minimum absolute atomic E-state index is 0.0647. The second-order valence-electron chi connectivity index (χ2n) is 7.09. The Kier molecular flexibility index (Phi) is 6.69. The maximum Gasteiger partial charge on any atom is 0.271 e. The molecule has 172 valence electrons. The van der Waals surface area contributed by atoms with Gasteiger partial charge in [-0.25, -0.2) is 18.8 Å². The highest BCUT2D eigenvalue weighted by atomic mass is 32.2. The Labute approximate surface area is 196 Å². The number of carbonyl (C=O) groups excluding carboxylic acids is 1. The molecule has 1 heterocycles. The summed E-state index contributed by atoms with van der Waals surface area (Å²) in [4.78, 5) is 16.5. The number of nitrogens with one attached hydrogen (secondary N) is 2. The van der Waals surface area contributed by atoms with Gasteiger partial charge in [-0.3, -0.25) is 9.52 Å². The number of sulfonamides is 1. The second-order valence-corrected chi connectivity index (χ2v) is 8.78. The molecule has 1 amide bonds. The highest BCUT2D eigenvalue weighted by Gasteiger charge is 2.18. The van der Waals surface area contributed by atoms with Crippen molar-refractivity contribution in [1.29, 1.82) is 0 Å². The highest BCUT2D eigenvalue weighted by molar-refractivity contribution is 7.92. The Morgan fingerprint density at radius 2 is 1.85 bits per heavy atom. The molecule has 0 unspecified atom stereocenters. The first-order valence-corrected chi connectivity index (χ1v) is 11.6. The van der Waals surface area contributed by atoms with E-state index in [1.165, 1.54) is 37.6 Å². The lowest BCUT2D eigenvalue weighted by atomic mass is 10.2. The van der Waals surface area contributed by atoms with Crippen molar-refractivity contribution in [3.8, 4) is 11.4 Å². The van der Waals surface area contributed by atoms with E-state index >= 15 is 0 Å². The van der Waals surface area contributed by atoms with E-state index in [0.29, 0.717) is 11.4 Å². The second kappa shape index (κ2) is 10.0. The average Bonchev–Trinajstić information content (AvgIpc) is 3.40. The molecule has 1 aromatic heterocycles. The van der Waals surface area contributed by atoms with E-state index in [9.17, 15) is 13.2 Å². The van der Waals surface area contributed by atoms with Gasteiger partial charge in [0.25, 0.3) is 15.9 Å². The first-order chi connectivity index (χ1) is 16.5. The topological polar surface area (TPSA) is 115 Å². The van der Waals surface area contributed by atoms with Gasteiger partial charge in [0.2, 0.25) is 0 Å². The van der Waals surface area contributed by atoms with Gasteiger partial charge in [0, 0.05) is 23.6 Å². The van der Waals surface area contributed by atoms with E-state index in [4.69, 9.17) is 4.74 Å². The van der Waals surface area contributed by atoms with Crippen LogP contribution in [0.4, 0.5) is 5.69 Å². The monoisotopic (exact) mass is 475 g/mol. The molecule has 0 radical (unpaired) electrons. The summed E-state index contributed by atoms with van der Waals surface area (Å²) in [6.45, 7) is 0. The number of imidazole rings is 1. The maximum atomic E-state index is 12.8. The van der Waals surface area contributed by atoms with Crippen molar-refractivity contribution in [1.82, 2.24) is 15.0 Å². The van der Waals surface area contributed by atoms with Crippen molar-refractivity contribution in [2.75, 3.05) is 11.8 Å². The number of para-hydroxylation sites is 2. The third-order valence-electron chi connectivity index (χ3n) is 4.83. The number of nitrogens with zero attached hydrogens (tertiary/aromatic N) is 3. The normalized spacial score (nSPS) is 11.3. The Balaban J connectivity index is 1.43. The van der Waals surface area contributed by atoms with Crippen LogP contribution in [0.5, 0.6) is 5.75 Å². The minimum Gasteiger partial charge on any atom is -0.495 e. The van der Waals surface area contributed by atoms with Crippen LogP contribution in [0.25, 0.3) is 5.69 Å². The van der Waals surface area contributed by atoms with Crippen LogP contribution >= 0.6 is 0 Å². The van der Waals surface area contributed by atoms with Crippen molar-refractivity contribution >= 4 is 27.8 Å². The third-order valence-corrected chi connectivity index (χ3v) is 6.20. The maximum absolute atomic E-state index is 12.8. The van der Waals surface area contributed by atoms with Crippen molar-refractivity contribution in [3.63, 3.8) is 0 Å². The van der Waals surface area contributed by atoms with Gasteiger partial charge in [-0.15, -0.1) is 0 Å². The molecule has 0 aliphatic rings. The fraction of sp³-hybridized carbons (Fsp3) is 0.0417. The molecule has 4 rings (SSSR count). The van der Waals surface area contributed by atoms with Crippen molar-refractivity contribution < 1.29 is 17.9 Å². The summed E-state index contributed by atoms with van der Waals surface area (Å²) in [6, 6.07) is 19.8. The Hall–Kier alpha value is -4.44. The zero-order chi connectivity index (χ0) is 24.0. The molecule has 0 fully saturated rings. The summed E-state index contributed by atoms with van der Waals surface area (Å²) < 4.78 is 35.2. The van der Waals surface area contributed by atoms with Gasteiger partial charge < -0.3 is 9.30 Å². The van der Waals surface area contributed by atoms with E-state index in [2.05, 4.69) is 20.2 Å². The van der Waals surface area contributed by atoms with Crippen LogP contribution in [0.2, 0.25) is 0 Å². The molecule has 0 atom stereocenters. The number of hydrogen-bond acceptors (Lipinski definition) is 6. The number of anilines is 1. The molecule has 0 bridgehead atoms. The Morgan fingerprint density at radius 3 is 2.59 bits per heavy atom. The number of hydrazone groups is 1. The van der Waals surface area contributed by atoms with Gasteiger partial charge in [0.05, 0.1) is 30.2 Å².